The highest BCUT2D eigenvalue weighted by molar-refractivity contribution is 8.00. The van der Waals surface area contributed by atoms with Gasteiger partial charge in [0.05, 0.1) is 10.8 Å². The van der Waals surface area contributed by atoms with Crippen LogP contribution in [-0.4, -0.2) is 27.2 Å². The molecule has 4 nitrogen and oxygen atoms in total. The maximum Gasteiger partial charge on any atom is 0.233 e. The SMILES string of the molecule is Cc1nc(S[C@@H](C)C(=O)NC2CC2)c2ccccc2n1. The number of thioether (sulfide) groups is 1. The summed E-state index contributed by atoms with van der Waals surface area (Å²) in [6.45, 7) is 3.81. The Labute approximate surface area is 122 Å². The van der Waals surface area contributed by atoms with Gasteiger partial charge in [-0.05, 0) is 32.8 Å². The van der Waals surface area contributed by atoms with Crippen LogP contribution in [0.25, 0.3) is 10.9 Å². The minimum absolute atomic E-state index is 0.0952. The van der Waals surface area contributed by atoms with Gasteiger partial charge < -0.3 is 5.32 Å². The zero-order valence-electron chi connectivity index (χ0n) is 11.6. The van der Waals surface area contributed by atoms with E-state index in [2.05, 4.69) is 15.3 Å². The number of fused-ring (bicyclic) bond motifs is 1. The number of aryl methyl sites for hydroxylation is 1. The molecule has 20 heavy (non-hydrogen) atoms. The van der Waals surface area contributed by atoms with Crippen LogP contribution in [0.1, 0.15) is 25.6 Å². The summed E-state index contributed by atoms with van der Waals surface area (Å²) >= 11 is 1.50. The fourth-order valence-corrected chi connectivity index (χ4v) is 3.01. The van der Waals surface area contributed by atoms with Gasteiger partial charge in [-0.2, -0.15) is 0 Å². The van der Waals surface area contributed by atoms with Crippen molar-refractivity contribution in [2.75, 3.05) is 0 Å². The standard InChI is InChI=1S/C15H17N3OS/c1-9(14(19)18-11-7-8-11)20-15-12-5-3-4-6-13(12)16-10(2)17-15/h3-6,9,11H,7-8H2,1-2H3,(H,18,19)/t9-/m0/s1. The molecule has 1 N–H and O–H groups in total. The van der Waals surface area contributed by atoms with Crippen LogP contribution >= 0.6 is 11.8 Å². The summed E-state index contributed by atoms with van der Waals surface area (Å²) in [6.07, 6.45) is 2.22. The average Bonchev–Trinajstić information content (AvgIpc) is 3.22. The number of carbonyl (C=O) groups excluding carboxylic acids is 1. The van der Waals surface area contributed by atoms with Gasteiger partial charge in [-0.1, -0.05) is 30.0 Å². The predicted molar refractivity (Wildman–Crippen MR) is 80.8 cm³/mol. The van der Waals surface area contributed by atoms with Crippen LogP contribution in [0, 0.1) is 6.92 Å². The Bertz CT molecular complexity index is 655. The second kappa shape index (κ2) is 5.40. The third-order valence-corrected chi connectivity index (χ3v) is 4.36. The van der Waals surface area contributed by atoms with Gasteiger partial charge in [0.15, 0.2) is 0 Å². The van der Waals surface area contributed by atoms with Crippen molar-refractivity contribution in [3.05, 3.63) is 30.1 Å². The first-order valence-corrected chi connectivity index (χ1v) is 7.72. The van der Waals surface area contributed by atoms with Crippen LogP contribution in [0.15, 0.2) is 29.3 Å². The highest BCUT2D eigenvalue weighted by Gasteiger charge is 2.26. The third-order valence-electron chi connectivity index (χ3n) is 3.26. The first-order valence-electron chi connectivity index (χ1n) is 6.84. The van der Waals surface area contributed by atoms with Gasteiger partial charge in [-0.25, -0.2) is 9.97 Å². The number of hydrogen-bond donors (Lipinski definition) is 1. The molecule has 0 saturated heterocycles. The monoisotopic (exact) mass is 287 g/mol. The van der Waals surface area contributed by atoms with E-state index in [4.69, 9.17) is 0 Å². The molecule has 1 aromatic carbocycles. The number of para-hydroxylation sites is 1. The molecule has 104 valence electrons. The normalized spacial score (nSPS) is 16.1. The largest absolute Gasteiger partial charge is 0.352 e. The molecule has 1 aromatic heterocycles. The molecule has 0 bridgehead atoms. The van der Waals surface area contributed by atoms with Crippen LogP contribution in [0.2, 0.25) is 0 Å². The van der Waals surface area contributed by atoms with Gasteiger partial charge in [0.1, 0.15) is 10.9 Å². The second-order valence-electron chi connectivity index (χ2n) is 5.14. The highest BCUT2D eigenvalue weighted by Crippen LogP contribution is 2.29. The number of amides is 1. The molecule has 2 aromatic rings. The summed E-state index contributed by atoms with van der Waals surface area (Å²) in [5, 5.41) is 4.78. The zero-order chi connectivity index (χ0) is 14.1. The summed E-state index contributed by atoms with van der Waals surface area (Å²) in [5.74, 6) is 0.832. The van der Waals surface area contributed by atoms with Gasteiger partial charge in [0, 0.05) is 11.4 Å². The quantitative estimate of drug-likeness (QED) is 0.694. The Morgan fingerprint density at radius 1 is 1.35 bits per heavy atom. The van der Waals surface area contributed by atoms with Crippen LogP contribution in [0.5, 0.6) is 0 Å². The molecule has 0 unspecified atom stereocenters. The molecule has 1 atom stereocenters. The first-order chi connectivity index (χ1) is 9.63. The lowest BCUT2D eigenvalue weighted by Gasteiger charge is -2.12. The maximum absolute atomic E-state index is 12.0. The van der Waals surface area contributed by atoms with Crippen LogP contribution in [0.4, 0.5) is 0 Å². The van der Waals surface area contributed by atoms with Crippen molar-refractivity contribution in [2.45, 2.75) is 43.0 Å². The van der Waals surface area contributed by atoms with Crippen molar-refractivity contribution in [3.8, 4) is 0 Å². The molecule has 1 amide bonds. The van der Waals surface area contributed by atoms with Gasteiger partial charge in [-0.15, -0.1) is 0 Å². The van der Waals surface area contributed by atoms with E-state index >= 15 is 0 Å². The van der Waals surface area contributed by atoms with Crippen molar-refractivity contribution in [3.63, 3.8) is 0 Å². The Hall–Kier alpha value is -1.62. The van der Waals surface area contributed by atoms with Crippen LogP contribution in [-0.2, 0) is 4.79 Å². The van der Waals surface area contributed by atoms with Gasteiger partial charge in [0.25, 0.3) is 0 Å². The van der Waals surface area contributed by atoms with Crippen molar-refractivity contribution in [1.29, 1.82) is 0 Å². The zero-order valence-corrected chi connectivity index (χ0v) is 12.4. The number of hydrogen-bond acceptors (Lipinski definition) is 4. The lowest BCUT2D eigenvalue weighted by atomic mass is 10.2. The van der Waals surface area contributed by atoms with Crippen molar-refractivity contribution < 1.29 is 4.79 Å². The van der Waals surface area contributed by atoms with Crippen molar-refractivity contribution >= 4 is 28.6 Å². The molecular weight excluding hydrogens is 270 g/mol. The summed E-state index contributed by atoms with van der Waals surface area (Å²) < 4.78 is 0. The molecule has 5 heteroatoms. The van der Waals surface area contributed by atoms with Gasteiger partial charge in [-0.3, -0.25) is 4.79 Å². The lowest BCUT2D eigenvalue weighted by Crippen LogP contribution is -2.32. The van der Waals surface area contributed by atoms with Crippen molar-refractivity contribution in [2.24, 2.45) is 0 Å². The van der Waals surface area contributed by atoms with Gasteiger partial charge in [0.2, 0.25) is 5.91 Å². The molecule has 0 spiro atoms. The summed E-state index contributed by atoms with van der Waals surface area (Å²) in [6, 6.07) is 8.31. The van der Waals surface area contributed by atoms with Gasteiger partial charge >= 0.3 is 0 Å². The first kappa shape index (κ1) is 13.4. The summed E-state index contributed by atoms with van der Waals surface area (Å²) in [7, 11) is 0. The summed E-state index contributed by atoms with van der Waals surface area (Å²) in [4.78, 5) is 21.0. The Morgan fingerprint density at radius 3 is 2.85 bits per heavy atom. The fourth-order valence-electron chi connectivity index (χ4n) is 2.02. The number of nitrogens with zero attached hydrogens (tertiary/aromatic N) is 2. The minimum Gasteiger partial charge on any atom is -0.352 e. The number of nitrogens with one attached hydrogen (secondary N) is 1. The van der Waals surface area contributed by atoms with Crippen LogP contribution < -0.4 is 5.32 Å². The number of rotatable bonds is 4. The van der Waals surface area contributed by atoms with E-state index in [0.29, 0.717) is 6.04 Å². The molecule has 1 fully saturated rings. The van der Waals surface area contributed by atoms with E-state index in [1.165, 1.54) is 11.8 Å². The lowest BCUT2D eigenvalue weighted by molar-refractivity contribution is -0.120. The molecule has 1 saturated carbocycles. The van der Waals surface area contributed by atoms with E-state index in [1.54, 1.807) is 0 Å². The Morgan fingerprint density at radius 2 is 2.10 bits per heavy atom. The molecule has 3 rings (SSSR count). The Kier molecular flexibility index (Phi) is 3.61. The number of benzene rings is 1. The topological polar surface area (TPSA) is 54.9 Å². The Balaban J connectivity index is 1.83. The smallest absolute Gasteiger partial charge is 0.233 e. The predicted octanol–water partition coefficient (Wildman–Crippen LogP) is 2.70. The van der Waals surface area contributed by atoms with E-state index in [-0.39, 0.29) is 11.2 Å². The van der Waals surface area contributed by atoms with E-state index in [9.17, 15) is 4.79 Å². The molecular formula is C15H17N3OS. The number of aromatic nitrogens is 2. The van der Waals surface area contributed by atoms with E-state index < -0.39 is 0 Å². The van der Waals surface area contributed by atoms with E-state index in [0.717, 1.165) is 34.6 Å². The van der Waals surface area contributed by atoms with E-state index in [1.807, 2.05) is 38.1 Å². The molecule has 1 aliphatic carbocycles. The molecule has 0 radical (unpaired) electrons. The average molecular weight is 287 g/mol. The fraction of sp³-hybridized carbons (Fsp3) is 0.400. The molecule has 1 aliphatic rings. The second-order valence-corrected chi connectivity index (χ2v) is 6.47. The molecule has 1 heterocycles. The molecule has 0 aliphatic heterocycles. The summed E-state index contributed by atoms with van der Waals surface area (Å²) in [5.41, 5.74) is 0.928. The minimum atomic E-state index is -0.145. The highest BCUT2D eigenvalue weighted by atomic mass is 32.2. The van der Waals surface area contributed by atoms with Crippen molar-refractivity contribution in [1.82, 2.24) is 15.3 Å². The number of carbonyl (C=O) groups is 1. The van der Waals surface area contributed by atoms with Crippen LogP contribution in [0.3, 0.4) is 0 Å². The third kappa shape index (κ3) is 2.93. The maximum atomic E-state index is 12.0.